The van der Waals surface area contributed by atoms with Gasteiger partial charge in [-0.2, -0.15) is 0 Å². The van der Waals surface area contributed by atoms with Gasteiger partial charge in [-0.05, 0) is 18.4 Å². The van der Waals surface area contributed by atoms with Crippen molar-refractivity contribution in [2.75, 3.05) is 6.61 Å². The normalized spacial score (nSPS) is 11.7. The maximum absolute atomic E-state index is 9.65. The Morgan fingerprint density at radius 1 is 1.06 bits per heavy atom. The molecule has 2 N–H and O–H groups in total. The van der Waals surface area contributed by atoms with E-state index in [0.717, 1.165) is 32.2 Å². The fraction of sp³-hybridized carbons (Fsp3) is 0.600. The van der Waals surface area contributed by atoms with E-state index in [-0.39, 0.29) is 12.1 Å². The number of rotatable bonds is 8. The Morgan fingerprint density at radius 3 is 2.12 bits per heavy atom. The van der Waals surface area contributed by atoms with Crippen LogP contribution in [0.15, 0.2) is 30.3 Å². The molecule has 0 radical (unpaired) electrons. The van der Waals surface area contributed by atoms with Crippen LogP contribution in [0.25, 0.3) is 0 Å². The van der Waals surface area contributed by atoms with E-state index in [9.17, 15) is 5.11 Å². The van der Waals surface area contributed by atoms with E-state index in [1.165, 1.54) is 5.56 Å². The van der Waals surface area contributed by atoms with Crippen LogP contribution in [-0.2, 0) is 6.54 Å². The van der Waals surface area contributed by atoms with Gasteiger partial charge >= 0.3 is 0 Å². The smallest absolute Gasteiger partial charge is 0.0613 e. The number of benzene rings is 1. The number of nitrogens with one attached hydrogen (secondary N) is 1. The zero-order chi connectivity index (χ0) is 12.6. The van der Waals surface area contributed by atoms with Gasteiger partial charge in [0.1, 0.15) is 0 Å². The fourth-order valence-corrected chi connectivity index (χ4v) is 2.36. The van der Waals surface area contributed by atoms with Crippen molar-refractivity contribution in [1.29, 1.82) is 0 Å². The summed E-state index contributed by atoms with van der Waals surface area (Å²) in [6, 6.07) is 10.4. The van der Waals surface area contributed by atoms with Crippen LogP contribution >= 0.6 is 0 Å². The number of hydrogen-bond acceptors (Lipinski definition) is 2. The highest BCUT2D eigenvalue weighted by Crippen LogP contribution is 2.20. The van der Waals surface area contributed by atoms with Crippen LogP contribution in [-0.4, -0.2) is 17.3 Å². The van der Waals surface area contributed by atoms with E-state index in [4.69, 9.17) is 0 Å². The summed E-state index contributed by atoms with van der Waals surface area (Å²) in [7, 11) is 0. The van der Waals surface area contributed by atoms with Crippen LogP contribution in [0.2, 0.25) is 0 Å². The molecule has 0 aliphatic carbocycles. The van der Waals surface area contributed by atoms with Crippen molar-refractivity contribution in [2.24, 2.45) is 0 Å². The lowest BCUT2D eigenvalue weighted by Gasteiger charge is -2.33. The quantitative estimate of drug-likeness (QED) is 0.725. The van der Waals surface area contributed by atoms with E-state index in [1.54, 1.807) is 0 Å². The molecule has 17 heavy (non-hydrogen) atoms. The molecule has 0 amide bonds. The molecular weight excluding hydrogens is 210 g/mol. The first-order valence-electron chi connectivity index (χ1n) is 6.66. The lowest BCUT2D eigenvalue weighted by atomic mass is 9.89. The molecule has 2 nitrogen and oxygen atoms in total. The second kappa shape index (κ2) is 7.46. The van der Waals surface area contributed by atoms with Crippen molar-refractivity contribution in [3.63, 3.8) is 0 Å². The summed E-state index contributed by atoms with van der Waals surface area (Å²) in [5.74, 6) is 0. The first-order valence-corrected chi connectivity index (χ1v) is 6.66. The highest BCUT2D eigenvalue weighted by molar-refractivity contribution is 5.14. The van der Waals surface area contributed by atoms with Gasteiger partial charge < -0.3 is 10.4 Å². The highest BCUT2D eigenvalue weighted by Gasteiger charge is 2.26. The van der Waals surface area contributed by atoms with E-state index >= 15 is 0 Å². The summed E-state index contributed by atoms with van der Waals surface area (Å²) in [6.07, 6.45) is 4.26. The van der Waals surface area contributed by atoms with Gasteiger partial charge in [0.15, 0.2) is 0 Å². The molecule has 0 fully saturated rings. The minimum atomic E-state index is -0.0979. The van der Waals surface area contributed by atoms with Gasteiger partial charge in [0.2, 0.25) is 0 Å². The largest absolute Gasteiger partial charge is 0.394 e. The molecule has 0 unspecified atom stereocenters. The molecular formula is C15H25NO. The van der Waals surface area contributed by atoms with Crippen LogP contribution in [0.1, 0.15) is 45.1 Å². The predicted molar refractivity (Wildman–Crippen MR) is 72.9 cm³/mol. The molecule has 2 heteroatoms. The first-order chi connectivity index (χ1) is 8.26. The van der Waals surface area contributed by atoms with Crippen LogP contribution in [0.5, 0.6) is 0 Å². The van der Waals surface area contributed by atoms with E-state index in [2.05, 4.69) is 43.4 Å². The Morgan fingerprint density at radius 2 is 1.65 bits per heavy atom. The molecule has 0 saturated carbocycles. The SMILES string of the molecule is CCCC(CO)(CCC)NCc1ccccc1. The van der Waals surface area contributed by atoms with Gasteiger partial charge in [-0.25, -0.2) is 0 Å². The Bertz CT molecular complexity index is 291. The minimum Gasteiger partial charge on any atom is -0.394 e. The molecule has 0 atom stereocenters. The number of aliphatic hydroxyl groups excluding tert-OH is 1. The Labute approximate surface area is 105 Å². The summed E-state index contributed by atoms with van der Waals surface area (Å²) < 4.78 is 0. The van der Waals surface area contributed by atoms with Gasteiger partial charge in [-0.3, -0.25) is 0 Å². The van der Waals surface area contributed by atoms with Crippen molar-refractivity contribution in [3.05, 3.63) is 35.9 Å². The topological polar surface area (TPSA) is 32.3 Å². The first kappa shape index (κ1) is 14.2. The maximum Gasteiger partial charge on any atom is 0.0613 e. The van der Waals surface area contributed by atoms with Crippen molar-refractivity contribution >= 4 is 0 Å². The molecule has 0 aromatic heterocycles. The molecule has 0 saturated heterocycles. The number of hydrogen-bond donors (Lipinski definition) is 2. The van der Waals surface area contributed by atoms with E-state index in [1.807, 2.05) is 6.07 Å². The second-order valence-corrected chi connectivity index (χ2v) is 4.78. The minimum absolute atomic E-state index is 0.0979. The van der Waals surface area contributed by atoms with Crippen LogP contribution in [0.3, 0.4) is 0 Å². The van der Waals surface area contributed by atoms with Crippen molar-refractivity contribution in [3.8, 4) is 0 Å². The third-order valence-corrected chi connectivity index (χ3v) is 3.27. The summed E-state index contributed by atoms with van der Waals surface area (Å²) in [6.45, 7) is 5.40. The van der Waals surface area contributed by atoms with Gasteiger partial charge in [0.05, 0.1) is 6.61 Å². The van der Waals surface area contributed by atoms with E-state index in [0.29, 0.717) is 0 Å². The molecule has 1 rings (SSSR count). The Kier molecular flexibility index (Phi) is 6.23. The average Bonchev–Trinajstić information content (AvgIpc) is 2.38. The summed E-state index contributed by atoms with van der Waals surface area (Å²) >= 11 is 0. The van der Waals surface area contributed by atoms with Crippen molar-refractivity contribution in [1.82, 2.24) is 5.32 Å². The lowest BCUT2D eigenvalue weighted by molar-refractivity contribution is 0.138. The van der Waals surface area contributed by atoms with Crippen LogP contribution in [0, 0.1) is 0 Å². The zero-order valence-corrected chi connectivity index (χ0v) is 11.1. The average molecular weight is 235 g/mol. The third kappa shape index (κ3) is 4.49. The Hall–Kier alpha value is -0.860. The standard InChI is InChI=1S/C15H25NO/c1-3-10-15(13-17,11-4-2)16-12-14-8-6-5-7-9-14/h5-9,16-17H,3-4,10-13H2,1-2H3. The summed E-state index contributed by atoms with van der Waals surface area (Å²) in [4.78, 5) is 0. The predicted octanol–water partition coefficient (Wildman–Crippen LogP) is 3.11. The molecule has 0 heterocycles. The lowest BCUT2D eigenvalue weighted by Crippen LogP contribution is -2.47. The highest BCUT2D eigenvalue weighted by atomic mass is 16.3. The van der Waals surface area contributed by atoms with Gasteiger partial charge in [-0.15, -0.1) is 0 Å². The van der Waals surface area contributed by atoms with Crippen molar-refractivity contribution < 1.29 is 5.11 Å². The van der Waals surface area contributed by atoms with Crippen molar-refractivity contribution in [2.45, 2.75) is 51.6 Å². The monoisotopic (exact) mass is 235 g/mol. The second-order valence-electron chi connectivity index (χ2n) is 4.78. The van der Waals surface area contributed by atoms with Crippen LogP contribution < -0.4 is 5.32 Å². The molecule has 0 aliphatic rings. The van der Waals surface area contributed by atoms with Crippen LogP contribution in [0.4, 0.5) is 0 Å². The molecule has 1 aromatic rings. The summed E-state index contributed by atoms with van der Waals surface area (Å²) in [5, 5.41) is 13.2. The molecule has 0 aliphatic heterocycles. The van der Waals surface area contributed by atoms with E-state index < -0.39 is 0 Å². The molecule has 1 aromatic carbocycles. The third-order valence-electron chi connectivity index (χ3n) is 3.27. The molecule has 96 valence electrons. The van der Waals surface area contributed by atoms with Gasteiger partial charge in [-0.1, -0.05) is 57.0 Å². The fourth-order valence-electron chi connectivity index (χ4n) is 2.36. The van der Waals surface area contributed by atoms with Gasteiger partial charge in [0.25, 0.3) is 0 Å². The number of aliphatic hydroxyl groups is 1. The zero-order valence-electron chi connectivity index (χ0n) is 11.1. The van der Waals surface area contributed by atoms with Gasteiger partial charge in [0, 0.05) is 12.1 Å². The Balaban J connectivity index is 2.59. The summed E-state index contributed by atoms with van der Waals surface area (Å²) in [5.41, 5.74) is 1.18. The molecule has 0 bridgehead atoms. The maximum atomic E-state index is 9.65. The molecule has 0 spiro atoms.